The first-order chi connectivity index (χ1) is 10.7. The molecule has 0 unspecified atom stereocenters. The van der Waals surface area contributed by atoms with Crippen molar-refractivity contribution in [2.24, 2.45) is 0 Å². The molecule has 1 N–H and O–H groups in total. The number of rotatable bonds is 5. The minimum absolute atomic E-state index is 0.572. The molecule has 0 aliphatic carbocycles. The van der Waals surface area contributed by atoms with Gasteiger partial charge in [-0.2, -0.15) is 0 Å². The van der Waals surface area contributed by atoms with Crippen LogP contribution < -0.4 is 5.32 Å². The highest BCUT2D eigenvalue weighted by molar-refractivity contribution is 5.53. The Labute approximate surface area is 130 Å². The van der Waals surface area contributed by atoms with E-state index in [1.807, 2.05) is 30.3 Å². The molecule has 0 bridgehead atoms. The van der Waals surface area contributed by atoms with Crippen LogP contribution in [0, 0.1) is 13.8 Å². The lowest BCUT2D eigenvalue weighted by molar-refractivity contribution is 0.509. The molecule has 4 heteroatoms. The van der Waals surface area contributed by atoms with Crippen molar-refractivity contribution in [3.8, 4) is 11.5 Å². The molecule has 0 amide bonds. The van der Waals surface area contributed by atoms with Gasteiger partial charge < -0.3 is 9.73 Å². The van der Waals surface area contributed by atoms with Gasteiger partial charge >= 0.3 is 0 Å². The summed E-state index contributed by atoms with van der Waals surface area (Å²) in [6, 6.07) is 16.2. The van der Waals surface area contributed by atoms with Crippen LogP contribution in [0.3, 0.4) is 0 Å². The third-order valence-corrected chi connectivity index (χ3v) is 3.53. The number of hydrogen-bond acceptors (Lipinski definition) is 4. The maximum Gasteiger partial charge on any atom is 0.247 e. The molecule has 0 saturated heterocycles. The fraction of sp³-hybridized carbons (Fsp3) is 0.222. The predicted octanol–water partition coefficient (Wildman–Crippen LogP) is 4.01. The Kier molecular flexibility index (Phi) is 4.19. The molecular weight excluding hydrogens is 274 g/mol. The second-order valence-electron chi connectivity index (χ2n) is 5.36. The number of anilines is 1. The molecule has 22 heavy (non-hydrogen) atoms. The monoisotopic (exact) mass is 293 g/mol. The summed E-state index contributed by atoms with van der Waals surface area (Å²) in [4.78, 5) is 0. The van der Waals surface area contributed by atoms with Crippen LogP contribution in [0.25, 0.3) is 11.5 Å². The summed E-state index contributed by atoms with van der Waals surface area (Å²) in [5, 5.41) is 11.6. The summed E-state index contributed by atoms with van der Waals surface area (Å²) in [7, 11) is 0. The second kappa shape index (κ2) is 6.43. The highest BCUT2D eigenvalue weighted by atomic mass is 16.4. The zero-order chi connectivity index (χ0) is 15.4. The maximum atomic E-state index is 5.70. The highest BCUT2D eigenvalue weighted by Gasteiger charge is 2.08. The summed E-state index contributed by atoms with van der Waals surface area (Å²) in [5.74, 6) is 1.22. The van der Waals surface area contributed by atoms with E-state index >= 15 is 0 Å². The Morgan fingerprint density at radius 1 is 1.00 bits per heavy atom. The zero-order valence-electron chi connectivity index (χ0n) is 12.8. The van der Waals surface area contributed by atoms with Crippen molar-refractivity contribution in [2.75, 3.05) is 11.9 Å². The topological polar surface area (TPSA) is 51.0 Å². The molecule has 3 rings (SSSR count). The van der Waals surface area contributed by atoms with Crippen LogP contribution in [0.4, 0.5) is 5.69 Å². The van der Waals surface area contributed by atoms with E-state index in [1.165, 1.54) is 11.1 Å². The van der Waals surface area contributed by atoms with E-state index in [0.717, 1.165) is 17.8 Å². The fourth-order valence-corrected chi connectivity index (χ4v) is 2.28. The Hall–Kier alpha value is -2.62. The number of hydrogen-bond donors (Lipinski definition) is 1. The van der Waals surface area contributed by atoms with Gasteiger partial charge in [0, 0.05) is 24.2 Å². The molecular formula is C18H19N3O. The lowest BCUT2D eigenvalue weighted by atomic mass is 10.1. The van der Waals surface area contributed by atoms with Crippen molar-refractivity contribution in [1.29, 1.82) is 0 Å². The van der Waals surface area contributed by atoms with E-state index in [0.29, 0.717) is 18.2 Å². The number of nitrogens with zero attached hydrogens (tertiary/aromatic N) is 2. The quantitative estimate of drug-likeness (QED) is 0.772. The van der Waals surface area contributed by atoms with Crippen LogP contribution in [0.2, 0.25) is 0 Å². The molecule has 4 nitrogen and oxygen atoms in total. The van der Waals surface area contributed by atoms with Gasteiger partial charge in [0.1, 0.15) is 0 Å². The minimum Gasteiger partial charge on any atom is -0.421 e. The summed E-state index contributed by atoms with van der Waals surface area (Å²) in [6.45, 7) is 4.96. The van der Waals surface area contributed by atoms with Crippen molar-refractivity contribution >= 4 is 5.69 Å². The first-order valence-corrected chi connectivity index (χ1v) is 7.41. The molecule has 1 heterocycles. The van der Waals surface area contributed by atoms with Gasteiger partial charge in [-0.3, -0.25) is 0 Å². The summed E-state index contributed by atoms with van der Waals surface area (Å²) in [6.07, 6.45) is 0.702. The Morgan fingerprint density at radius 2 is 1.82 bits per heavy atom. The van der Waals surface area contributed by atoms with Gasteiger partial charge in [0.2, 0.25) is 11.8 Å². The summed E-state index contributed by atoms with van der Waals surface area (Å²) in [5.41, 5.74) is 4.59. The molecule has 2 aromatic carbocycles. The van der Waals surface area contributed by atoms with E-state index in [2.05, 4.69) is 47.6 Å². The van der Waals surface area contributed by atoms with Gasteiger partial charge in [-0.25, -0.2) is 0 Å². The fourth-order valence-electron chi connectivity index (χ4n) is 2.28. The molecule has 0 fully saturated rings. The van der Waals surface area contributed by atoms with Gasteiger partial charge in [0.15, 0.2) is 0 Å². The van der Waals surface area contributed by atoms with Crippen LogP contribution in [-0.2, 0) is 6.42 Å². The molecule has 0 aliphatic heterocycles. The van der Waals surface area contributed by atoms with E-state index in [-0.39, 0.29) is 0 Å². The van der Waals surface area contributed by atoms with E-state index in [9.17, 15) is 0 Å². The zero-order valence-corrected chi connectivity index (χ0v) is 12.8. The normalized spacial score (nSPS) is 10.6. The standard InChI is InChI=1S/C18H19N3O/c1-13-8-9-14(2)16(12-13)19-11-10-17-20-21-18(22-17)15-6-4-3-5-7-15/h3-9,12,19H,10-11H2,1-2H3. The Bertz CT molecular complexity index is 750. The second-order valence-corrected chi connectivity index (χ2v) is 5.36. The van der Waals surface area contributed by atoms with Gasteiger partial charge in [0.05, 0.1) is 0 Å². The molecule has 1 aromatic heterocycles. The highest BCUT2D eigenvalue weighted by Crippen LogP contribution is 2.18. The largest absolute Gasteiger partial charge is 0.421 e. The summed E-state index contributed by atoms with van der Waals surface area (Å²) >= 11 is 0. The molecule has 0 atom stereocenters. The molecule has 0 radical (unpaired) electrons. The number of nitrogens with one attached hydrogen (secondary N) is 1. The van der Waals surface area contributed by atoms with Gasteiger partial charge in [-0.05, 0) is 43.2 Å². The lowest BCUT2D eigenvalue weighted by Crippen LogP contribution is -2.06. The van der Waals surface area contributed by atoms with Crippen LogP contribution in [-0.4, -0.2) is 16.7 Å². The number of benzene rings is 2. The molecule has 0 aliphatic rings. The van der Waals surface area contributed by atoms with Gasteiger partial charge in [-0.1, -0.05) is 30.3 Å². The third-order valence-electron chi connectivity index (χ3n) is 3.53. The van der Waals surface area contributed by atoms with Crippen molar-refractivity contribution in [2.45, 2.75) is 20.3 Å². The summed E-state index contributed by atoms with van der Waals surface area (Å²) < 4.78 is 5.70. The molecule has 0 spiro atoms. The van der Waals surface area contributed by atoms with Gasteiger partial charge in [-0.15, -0.1) is 10.2 Å². The first-order valence-electron chi connectivity index (χ1n) is 7.41. The van der Waals surface area contributed by atoms with Crippen LogP contribution >= 0.6 is 0 Å². The number of aromatic nitrogens is 2. The SMILES string of the molecule is Cc1ccc(C)c(NCCc2nnc(-c3ccccc3)o2)c1. The average molecular weight is 293 g/mol. The smallest absolute Gasteiger partial charge is 0.247 e. The van der Waals surface area contributed by atoms with Gasteiger partial charge in [0.25, 0.3) is 0 Å². The van der Waals surface area contributed by atoms with E-state index < -0.39 is 0 Å². The van der Waals surface area contributed by atoms with E-state index in [4.69, 9.17) is 4.42 Å². The first kappa shape index (κ1) is 14.3. The van der Waals surface area contributed by atoms with Crippen LogP contribution in [0.5, 0.6) is 0 Å². The minimum atomic E-state index is 0.572. The Morgan fingerprint density at radius 3 is 2.64 bits per heavy atom. The van der Waals surface area contributed by atoms with Crippen molar-refractivity contribution in [3.05, 3.63) is 65.5 Å². The third kappa shape index (κ3) is 3.34. The predicted molar refractivity (Wildman–Crippen MR) is 87.8 cm³/mol. The van der Waals surface area contributed by atoms with Crippen molar-refractivity contribution < 1.29 is 4.42 Å². The molecule has 3 aromatic rings. The molecule has 0 saturated carbocycles. The number of aryl methyl sites for hydroxylation is 2. The lowest BCUT2D eigenvalue weighted by Gasteiger charge is -2.09. The van der Waals surface area contributed by atoms with Crippen LogP contribution in [0.15, 0.2) is 52.9 Å². The van der Waals surface area contributed by atoms with Crippen LogP contribution in [0.1, 0.15) is 17.0 Å². The average Bonchev–Trinajstić information content (AvgIpc) is 3.00. The maximum absolute atomic E-state index is 5.70. The van der Waals surface area contributed by atoms with Crippen molar-refractivity contribution in [1.82, 2.24) is 10.2 Å². The van der Waals surface area contributed by atoms with E-state index in [1.54, 1.807) is 0 Å². The Balaban J connectivity index is 1.61. The molecule has 112 valence electrons. The van der Waals surface area contributed by atoms with Crippen molar-refractivity contribution in [3.63, 3.8) is 0 Å².